The van der Waals surface area contributed by atoms with Crippen LogP contribution < -0.4 is 15.8 Å². The minimum absolute atomic E-state index is 0.772. The van der Waals surface area contributed by atoms with Crippen LogP contribution in [0.25, 0.3) is 0 Å². The first kappa shape index (κ1) is 12.3. The van der Waals surface area contributed by atoms with E-state index in [4.69, 9.17) is 10.5 Å². The summed E-state index contributed by atoms with van der Waals surface area (Å²) >= 11 is 0. The molecule has 0 heterocycles. The van der Waals surface area contributed by atoms with E-state index >= 15 is 0 Å². The molecule has 0 saturated carbocycles. The SMILES string of the molecule is COc1ccc(CNc2cc(N)ccc2C)cc1. The van der Waals surface area contributed by atoms with Crippen molar-refractivity contribution in [3.63, 3.8) is 0 Å². The lowest BCUT2D eigenvalue weighted by molar-refractivity contribution is 0.414. The maximum atomic E-state index is 5.78. The minimum atomic E-state index is 0.772. The summed E-state index contributed by atoms with van der Waals surface area (Å²) in [5.74, 6) is 0.874. The summed E-state index contributed by atoms with van der Waals surface area (Å²) in [6.07, 6.45) is 0. The van der Waals surface area contributed by atoms with Gasteiger partial charge in [-0.2, -0.15) is 0 Å². The lowest BCUT2D eigenvalue weighted by atomic mass is 10.1. The number of benzene rings is 2. The van der Waals surface area contributed by atoms with E-state index in [9.17, 15) is 0 Å². The third kappa shape index (κ3) is 2.94. The summed E-state index contributed by atoms with van der Waals surface area (Å²) in [5, 5.41) is 3.39. The van der Waals surface area contributed by atoms with Gasteiger partial charge in [-0.3, -0.25) is 0 Å². The molecule has 3 N–H and O–H groups in total. The predicted molar refractivity (Wildman–Crippen MR) is 75.9 cm³/mol. The number of rotatable bonds is 4. The van der Waals surface area contributed by atoms with Gasteiger partial charge in [-0.05, 0) is 42.3 Å². The lowest BCUT2D eigenvalue weighted by Crippen LogP contribution is -2.01. The normalized spacial score (nSPS) is 10.1. The summed E-state index contributed by atoms with van der Waals surface area (Å²) in [5.41, 5.74) is 10.0. The van der Waals surface area contributed by atoms with Crippen molar-refractivity contribution in [1.29, 1.82) is 0 Å². The van der Waals surface area contributed by atoms with Crippen LogP contribution in [0.5, 0.6) is 5.75 Å². The average molecular weight is 242 g/mol. The molecule has 0 fully saturated rings. The Morgan fingerprint density at radius 1 is 1.11 bits per heavy atom. The number of nitrogens with one attached hydrogen (secondary N) is 1. The largest absolute Gasteiger partial charge is 0.497 e. The van der Waals surface area contributed by atoms with E-state index in [-0.39, 0.29) is 0 Å². The molecule has 2 aromatic rings. The number of aryl methyl sites for hydroxylation is 1. The van der Waals surface area contributed by atoms with Gasteiger partial charge in [0.1, 0.15) is 5.75 Å². The third-order valence-electron chi connectivity index (χ3n) is 2.90. The van der Waals surface area contributed by atoms with Gasteiger partial charge < -0.3 is 15.8 Å². The molecular weight excluding hydrogens is 224 g/mol. The number of hydrogen-bond acceptors (Lipinski definition) is 3. The molecule has 0 aromatic heterocycles. The van der Waals surface area contributed by atoms with E-state index in [0.29, 0.717) is 0 Å². The van der Waals surface area contributed by atoms with Crippen LogP contribution in [0.4, 0.5) is 11.4 Å². The number of nitrogen functional groups attached to an aromatic ring is 1. The molecule has 0 unspecified atom stereocenters. The standard InChI is InChI=1S/C15H18N2O/c1-11-3-6-13(16)9-15(11)17-10-12-4-7-14(18-2)8-5-12/h3-9,17H,10,16H2,1-2H3. The fourth-order valence-corrected chi connectivity index (χ4v) is 1.77. The van der Waals surface area contributed by atoms with Gasteiger partial charge >= 0.3 is 0 Å². The zero-order valence-electron chi connectivity index (χ0n) is 10.7. The maximum absolute atomic E-state index is 5.78. The predicted octanol–water partition coefficient (Wildman–Crippen LogP) is 3.20. The van der Waals surface area contributed by atoms with Crippen LogP contribution >= 0.6 is 0 Å². The van der Waals surface area contributed by atoms with E-state index in [2.05, 4.69) is 12.2 Å². The fraction of sp³-hybridized carbons (Fsp3) is 0.200. The summed E-state index contributed by atoms with van der Waals surface area (Å²) in [7, 11) is 1.67. The molecule has 0 aliphatic carbocycles. The number of nitrogens with two attached hydrogens (primary N) is 1. The van der Waals surface area contributed by atoms with Gasteiger partial charge in [-0.25, -0.2) is 0 Å². The molecule has 2 rings (SSSR count). The molecule has 0 aliphatic heterocycles. The van der Waals surface area contributed by atoms with Crippen molar-refractivity contribution in [3.05, 3.63) is 53.6 Å². The van der Waals surface area contributed by atoms with Gasteiger partial charge in [0.15, 0.2) is 0 Å². The summed E-state index contributed by atoms with van der Waals surface area (Å²) in [6.45, 7) is 2.84. The molecule has 0 bridgehead atoms. The van der Waals surface area contributed by atoms with E-state index in [1.165, 1.54) is 11.1 Å². The monoisotopic (exact) mass is 242 g/mol. The van der Waals surface area contributed by atoms with Crippen molar-refractivity contribution in [3.8, 4) is 5.75 Å². The molecule has 0 amide bonds. The second-order valence-electron chi connectivity index (χ2n) is 4.28. The fourth-order valence-electron chi connectivity index (χ4n) is 1.77. The van der Waals surface area contributed by atoms with Gasteiger partial charge in [-0.15, -0.1) is 0 Å². The van der Waals surface area contributed by atoms with Crippen LogP contribution in [0.15, 0.2) is 42.5 Å². The highest BCUT2D eigenvalue weighted by Gasteiger charge is 1.99. The van der Waals surface area contributed by atoms with Crippen LogP contribution in [0.3, 0.4) is 0 Å². The van der Waals surface area contributed by atoms with E-state index in [1.807, 2.05) is 42.5 Å². The van der Waals surface area contributed by atoms with Crippen molar-refractivity contribution < 1.29 is 4.74 Å². The Morgan fingerprint density at radius 2 is 1.83 bits per heavy atom. The Balaban J connectivity index is 2.04. The average Bonchev–Trinajstić information content (AvgIpc) is 2.40. The van der Waals surface area contributed by atoms with Crippen LogP contribution in [-0.2, 0) is 6.54 Å². The van der Waals surface area contributed by atoms with Crippen LogP contribution in [-0.4, -0.2) is 7.11 Å². The molecule has 2 aromatic carbocycles. The van der Waals surface area contributed by atoms with Gasteiger partial charge in [0.05, 0.1) is 7.11 Å². The first-order chi connectivity index (χ1) is 8.69. The Labute approximate surface area is 108 Å². The Kier molecular flexibility index (Phi) is 3.72. The van der Waals surface area contributed by atoms with E-state index in [1.54, 1.807) is 7.11 Å². The molecular formula is C15H18N2O. The zero-order chi connectivity index (χ0) is 13.0. The summed E-state index contributed by atoms with van der Waals surface area (Å²) < 4.78 is 5.13. The number of hydrogen-bond donors (Lipinski definition) is 2. The highest BCUT2D eigenvalue weighted by molar-refractivity contribution is 5.59. The maximum Gasteiger partial charge on any atom is 0.118 e. The van der Waals surface area contributed by atoms with E-state index < -0.39 is 0 Å². The van der Waals surface area contributed by atoms with Gasteiger partial charge in [0, 0.05) is 17.9 Å². The smallest absolute Gasteiger partial charge is 0.118 e. The number of anilines is 2. The molecule has 0 aliphatic rings. The van der Waals surface area contributed by atoms with Crippen molar-refractivity contribution in [2.45, 2.75) is 13.5 Å². The number of ether oxygens (including phenoxy) is 1. The zero-order valence-corrected chi connectivity index (χ0v) is 10.7. The van der Waals surface area contributed by atoms with Crippen molar-refractivity contribution in [1.82, 2.24) is 0 Å². The van der Waals surface area contributed by atoms with Crippen molar-refractivity contribution in [2.75, 3.05) is 18.2 Å². The van der Waals surface area contributed by atoms with Gasteiger partial charge in [0.25, 0.3) is 0 Å². The topological polar surface area (TPSA) is 47.3 Å². The molecule has 0 atom stereocenters. The summed E-state index contributed by atoms with van der Waals surface area (Å²) in [6, 6.07) is 13.9. The summed E-state index contributed by atoms with van der Waals surface area (Å²) in [4.78, 5) is 0. The molecule has 0 radical (unpaired) electrons. The van der Waals surface area contributed by atoms with Crippen LogP contribution in [0.2, 0.25) is 0 Å². The van der Waals surface area contributed by atoms with E-state index in [0.717, 1.165) is 23.7 Å². The minimum Gasteiger partial charge on any atom is -0.497 e. The molecule has 0 saturated heterocycles. The second-order valence-corrected chi connectivity index (χ2v) is 4.28. The van der Waals surface area contributed by atoms with Crippen molar-refractivity contribution >= 4 is 11.4 Å². The highest BCUT2D eigenvalue weighted by atomic mass is 16.5. The number of methoxy groups -OCH3 is 1. The molecule has 94 valence electrons. The third-order valence-corrected chi connectivity index (χ3v) is 2.90. The highest BCUT2D eigenvalue weighted by Crippen LogP contribution is 2.19. The molecule has 3 nitrogen and oxygen atoms in total. The van der Waals surface area contributed by atoms with Gasteiger partial charge in [0.2, 0.25) is 0 Å². The molecule has 0 spiro atoms. The Morgan fingerprint density at radius 3 is 2.50 bits per heavy atom. The Bertz CT molecular complexity index is 521. The van der Waals surface area contributed by atoms with Crippen molar-refractivity contribution in [2.24, 2.45) is 0 Å². The quantitative estimate of drug-likeness (QED) is 0.809. The first-order valence-electron chi connectivity index (χ1n) is 5.92. The Hall–Kier alpha value is -2.16. The molecule has 18 heavy (non-hydrogen) atoms. The molecule has 3 heteroatoms. The lowest BCUT2D eigenvalue weighted by Gasteiger charge is -2.10. The van der Waals surface area contributed by atoms with Gasteiger partial charge in [-0.1, -0.05) is 18.2 Å². The van der Waals surface area contributed by atoms with Crippen LogP contribution in [0.1, 0.15) is 11.1 Å². The first-order valence-corrected chi connectivity index (χ1v) is 5.92. The van der Waals surface area contributed by atoms with Crippen LogP contribution in [0, 0.1) is 6.92 Å². The second kappa shape index (κ2) is 5.45.